The molecule has 0 saturated carbocycles. The normalized spacial score (nSPS) is 3.86. The Bertz CT molecular complexity index is 17.7. The summed E-state index contributed by atoms with van der Waals surface area (Å²) >= 11 is 0. The summed E-state index contributed by atoms with van der Waals surface area (Å²) in [5, 5.41) is 21.5. The first-order valence-corrected chi connectivity index (χ1v) is 0.775. The van der Waals surface area contributed by atoms with Crippen LogP contribution >= 0.6 is 0 Å². The van der Waals surface area contributed by atoms with Gasteiger partial charge >= 0.3 is 96.4 Å². The quantitative estimate of drug-likeness (QED) is 0.284. The van der Waals surface area contributed by atoms with E-state index >= 15 is 0 Å². The molecule has 0 fully saturated rings. The van der Waals surface area contributed by atoms with Gasteiger partial charge in [0.1, 0.15) is 0 Å². The van der Waals surface area contributed by atoms with Gasteiger partial charge in [0, 0.05) is 0 Å². The van der Waals surface area contributed by atoms with Gasteiger partial charge in [0.05, 0.1) is 0 Å². The first kappa shape index (κ1) is 22.6. The van der Waals surface area contributed by atoms with Crippen molar-refractivity contribution in [1.29, 1.82) is 0 Å². The summed E-state index contributed by atoms with van der Waals surface area (Å²) in [4.78, 5) is 0. The molecule has 0 bridgehead atoms. The van der Waals surface area contributed by atoms with Gasteiger partial charge in [-0.1, -0.05) is 0 Å². The molecule has 0 rings (SSSR count). The Morgan fingerprint density at radius 2 is 0.857 bits per heavy atom. The van der Waals surface area contributed by atoms with Gasteiger partial charge < -0.3 is 15.1 Å². The van der Waals surface area contributed by atoms with Crippen LogP contribution in [0.3, 0.4) is 0 Å². The van der Waals surface area contributed by atoms with Crippen LogP contribution in [0, 0.1) is 0 Å². The van der Waals surface area contributed by atoms with Crippen molar-refractivity contribution in [3.05, 3.63) is 0 Å². The molecule has 3 N–H and O–H groups in total. The Morgan fingerprint density at radius 1 is 0.857 bits per heavy atom. The molecule has 30 valence electrons. The van der Waals surface area contributed by atoms with Crippen LogP contribution in [0.25, 0.3) is 0 Å². The third kappa shape index (κ3) is 52.3. The van der Waals surface area contributed by atoms with E-state index in [4.69, 9.17) is 15.1 Å². The van der Waals surface area contributed by atoms with Crippen molar-refractivity contribution in [3.8, 4) is 0 Å². The van der Waals surface area contributed by atoms with Gasteiger partial charge in [0.15, 0.2) is 0 Å². The average molecular weight is 118 g/mol. The van der Waals surface area contributed by atoms with Crippen molar-refractivity contribution >= 4 is 96.4 Å². The van der Waals surface area contributed by atoms with Crippen molar-refractivity contribution in [2.75, 3.05) is 0 Å². The predicted octanol–water partition coefficient (Wildman–Crippen LogP) is -4.00. The van der Waals surface area contributed by atoms with E-state index in [9.17, 15) is 0 Å². The van der Waals surface area contributed by atoms with E-state index in [0.717, 1.165) is 0 Å². The molecular weight excluding hydrogens is 112 g/mol. The standard InChI is InChI=1S/BH3O3.K.2Li.3H/c2-1(3)4;;;;;;/h2-4H;;;;;;. The Kier molecular flexibility index (Phi) is 51.3. The van der Waals surface area contributed by atoms with Gasteiger partial charge in [-0.15, -0.1) is 0 Å². The van der Waals surface area contributed by atoms with E-state index in [-0.39, 0.29) is 89.1 Å². The van der Waals surface area contributed by atoms with Crippen molar-refractivity contribution in [1.82, 2.24) is 0 Å². The minimum atomic E-state index is -2.17. The Balaban J connectivity index is -0.0000000150. The summed E-state index contributed by atoms with van der Waals surface area (Å²) < 4.78 is 0. The summed E-state index contributed by atoms with van der Waals surface area (Å²) in [6.07, 6.45) is 0. The van der Waals surface area contributed by atoms with Gasteiger partial charge in [-0.05, 0) is 0 Å². The third-order valence-corrected chi connectivity index (χ3v) is 0. The van der Waals surface area contributed by atoms with Crippen molar-refractivity contribution in [3.63, 3.8) is 0 Å². The molecule has 0 aliphatic heterocycles. The van der Waals surface area contributed by atoms with E-state index in [0.29, 0.717) is 0 Å². The monoisotopic (exact) mass is 118 g/mol. The molecule has 0 unspecified atom stereocenters. The second-order valence-corrected chi connectivity index (χ2v) is 0.346. The van der Waals surface area contributed by atoms with Gasteiger partial charge in [-0.2, -0.15) is 0 Å². The fourth-order valence-corrected chi connectivity index (χ4v) is 0. The van der Waals surface area contributed by atoms with Crippen LogP contribution in [-0.2, 0) is 0 Å². The molecule has 0 aromatic rings. The maximum atomic E-state index is 7.17. The fraction of sp³-hybridized carbons (Fsp3) is 0. The Morgan fingerprint density at radius 3 is 0.857 bits per heavy atom. The number of rotatable bonds is 0. The molecule has 0 radical (unpaired) electrons. The SMILES string of the molecule is OB(O)O.[KH].[LiH].[LiH]. The summed E-state index contributed by atoms with van der Waals surface area (Å²) in [6.45, 7) is 0. The molecule has 0 aromatic carbocycles. The molecule has 0 saturated heterocycles. The fourth-order valence-electron chi connectivity index (χ4n) is 0. The molecular formula is H6BKLi2O3. The Labute approximate surface area is 109 Å². The first-order chi connectivity index (χ1) is 1.73. The van der Waals surface area contributed by atoms with Crippen molar-refractivity contribution in [2.45, 2.75) is 0 Å². The van der Waals surface area contributed by atoms with Gasteiger partial charge in [-0.25, -0.2) is 0 Å². The molecule has 0 aliphatic rings. The average Bonchev–Trinajstić information content (AvgIpc) is 0.811. The van der Waals surface area contributed by atoms with Crippen LogP contribution in [0.1, 0.15) is 0 Å². The van der Waals surface area contributed by atoms with E-state index in [1.807, 2.05) is 0 Å². The summed E-state index contributed by atoms with van der Waals surface area (Å²) in [5.41, 5.74) is 0. The summed E-state index contributed by atoms with van der Waals surface area (Å²) in [6, 6.07) is 0. The molecule has 7 heteroatoms. The molecule has 0 heterocycles. The van der Waals surface area contributed by atoms with Crippen LogP contribution in [0.5, 0.6) is 0 Å². The predicted molar refractivity (Wildman–Crippen MR) is 33.9 cm³/mol. The second-order valence-electron chi connectivity index (χ2n) is 0.346. The Hall–Kier alpha value is 2.78. The first-order valence-electron chi connectivity index (χ1n) is 0.775. The van der Waals surface area contributed by atoms with Crippen LogP contribution in [0.15, 0.2) is 0 Å². The third-order valence-electron chi connectivity index (χ3n) is 0. The summed E-state index contributed by atoms with van der Waals surface area (Å²) in [7, 11) is -2.17. The number of hydrogen-bond acceptors (Lipinski definition) is 3. The second kappa shape index (κ2) is 15.9. The van der Waals surface area contributed by atoms with E-state index in [1.165, 1.54) is 0 Å². The molecule has 0 aromatic heterocycles. The maximum absolute atomic E-state index is 7.17. The zero-order valence-corrected chi connectivity index (χ0v) is 1.92. The van der Waals surface area contributed by atoms with Gasteiger partial charge in [0.2, 0.25) is 0 Å². The molecule has 7 heavy (non-hydrogen) atoms. The van der Waals surface area contributed by atoms with E-state index in [1.54, 1.807) is 0 Å². The van der Waals surface area contributed by atoms with Crippen molar-refractivity contribution < 1.29 is 15.1 Å². The topological polar surface area (TPSA) is 60.7 Å². The van der Waals surface area contributed by atoms with Crippen molar-refractivity contribution in [2.24, 2.45) is 0 Å². The zero-order chi connectivity index (χ0) is 3.58. The summed E-state index contributed by atoms with van der Waals surface area (Å²) in [5.74, 6) is 0. The van der Waals surface area contributed by atoms with Crippen LogP contribution in [0.4, 0.5) is 0 Å². The molecule has 0 aliphatic carbocycles. The van der Waals surface area contributed by atoms with E-state index < -0.39 is 7.32 Å². The van der Waals surface area contributed by atoms with Gasteiger partial charge in [-0.3, -0.25) is 0 Å². The zero-order valence-electron chi connectivity index (χ0n) is 1.92. The minimum absolute atomic E-state index is 0. The molecule has 0 amide bonds. The molecule has 3 nitrogen and oxygen atoms in total. The van der Waals surface area contributed by atoms with Crippen LogP contribution in [0.2, 0.25) is 0 Å². The van der Waals surface area contributed by atoms with Crippen LogP contribution < -0.4 is 0 Å². The molecule has 0 atom stereocenters. The van der Waals surface area contributed by atoms with E-state index in [2.05, 4.69) is 0 Å². The number of hydrogen-bond donors (Lipinski definition) is 3. The van der Waals surface area contributed by atoms with Gasteiger partial charge in [0.25, 0.3) is 0 Å². The van der Waals surface area contributed by atoms with Crippen LogP contribution in [-0.4, -0.2) is 111 Å². The molecule has 0 spiro atoms.